The molecule has 0 aliphatic carbocycles. The van der Waals surface area contributed by atoms with Gasteiger partial charge in [-0.05, 0) is 36.8 Å². The van der Waals surface area contributed by atoms with Crippen LogP contribution in [0, 0.1) is 0 Å². The number of anilines is 1. The monoisotopic (exact) mass is 439 g/mol. The average molecular weight is 439 g/mol. The number of nitrogens with one attached hydrogen (secondary N) is 1. The molecule has 0 atom stereocenters. The van der Waals surface area contributed by atoms with E-state index in [0.717, 1.165) is 10.4 Å². The van der Waals surface area contributed by atoms with Crippen LogP contribution in [0.2, 0.25) is 0 Å². The van der Waals surface area contributed by atoms with E-state index in [9.17, 15) is 14.4 Å². The van der Waals surface area contributed by atoms with E-state index in [0.29, 0.717) is 33.9 Å². The Morgan fingerprint density at radius 2 is 1.84 bits per heavy atom. The number of carbonyl (C=O) groups is 3. The lowest BCUT2D eigenvalue weighted by atomic mass is 10.2. The Bertz CT molecular complexity index is 1080. The van der Waals surface area contributed by atoms with Crippen molar-refractivity contribution in [2.24, 2.45) is 0 Å². The molecule has 1 amide bonds. The zero-order valence-electron chi connectivity index (χ0n) is 17.0. The third-order valence-corrected chi connectivity index (χ3v) is 5.37. The van der Waals surface area contributed by atoms with Gasteiger partial charge in [-0.3, -0.25) is 9.59 Å². The van der Waals surface area contributed by atoms with Gasteiger partial charge in [-0.25, -0.2) is 4.79 Å². The molecule has 0 radical (unpaired) electrons. The molecule has 0 spiro atoms. The average Bonchev–Trinajstić information content (AvgIpc) is 3.22. The number of carbonyl (C=O) groups excluding carboxylic acids is 3. The lowest BCUT2D eigenvalue weighted by Gasteiger charge is -2.11. The molecular formula is C23H21NO6S. The van der Waals surface area contributed by atoms with Gasteiger partial charge in [0.05, 0.1) is 19.4 Å². The van der Waals surface area contributed by atoms with Crippen LogP contribution >= 0.6 is 11.3 Å². The molecule has 0 saturated heterocycles. The molecule has 8 heteroatoms. The van der Waals surface area contributed by atoms with Gasteiger partial charge in [0.2, 0.25) is 0 Å². The molecule has 3 aromatic rings. The predicted octanol–water partition coefficient (Wildman–Crippen LogP) is 4.43. The van der Waals surface area contributed by atoms with E-state index in [1.165, 1.54) is 24.5 Å². The van der Waals surface area contributed by atoms with Crippen molar-refractivity contribution in [3.05, 3.63) is 65.0 Å². The standard InChI is InChI=1S/C23H21NO6S/c1-3-29-23(27)22-17(12-20(31-22)16-7-5-4-6-8-16)24-21(26)14-30-18-10-9-15(13-25)11-19(18)28-2/h4-13H,3,14H2,1-2H3,(H,24,26). The van der Waals surface area contributed by atoms with E-state index in [2.05, 4.69) is 5.32 Å². The van der Waals surface area contributed by atoms with E-state index in [1.54, 1.807) is 25.1 Å². The number of rotatable bonds is 9. The molecule has 0 aliphatic rings. The summed E-state index contributed by atoms with van der Waals surface area (Å²) in [6.45, 7) is 1.64. The summed E-state index contributed by atoms with van der Waals surface area (Å²) in [5.74, 6) is -0.294. The minimum atomic E-state index is -0.503. The van der Waals surface area contributed by atoms with Crippen molar-refractivity contribution in [1.82, 2.24) is 0 Å². The number of benzene rings is 2. The normalized spacial score (nSPS) is 10.3. The maximum atomic E-state index is 12.5. The molecular weight excluding hydrogens is 418 g/mol. The number of esters is 1. The first kappa shape index (κ1) is 22.0. The Labute approximate surface area is 183 Å². The lowest BCUT2D eigenvalue weighted by Crippen LogP contribution is -2.21. The van der Waals surface area contributed by atoms with Gasteiger partial charge in [0.1, 0.15) is 11.2 Å². The highest BCUT2D eigenvalue weighted by molar-refractivity contribution is 7.18. The van der Waals surface area contributed by atoms with Gasteiger partial charge >= 0.3 is 5.97 Å². The summed E-state index contributed by atoms with van der Waals surface area (Å²) in [7, 11) is 1.44. The first-order valence-electron chi connectivity index (χ1n) is 9.48. The summed E-state index contributed by atoms with van der Waals surface area (Å²) < 4.78 is 15.9. The topological polar surface area (TPSA) is 90.9 Å². The summed E-state index contributed by atoms with van der Waals surface area (Å²) in [6.07, 6.45) is 0.691. The molecule has 1 heterocycles. The van der Waals surface area contributed by atoms with Gasteiger partial charge in [0, 0.05) is 10.4 Å². The maximum Gasteiger partial charge on any atom is 0.350 e. The summed E-state index contributed by atoms with van der Waals surface area (Å²) in [6, 6.07) is 15.9. The van der Waals surface area contributed by atoms with Crippen LogP contribution in [0.4, 0.5) is 5.69 Å². The fraction of sp³-hybridized carbons (Fsp3) is 0.174. The van der Waals surface area contributed by atoms with Crippen LogP contribution in [0.15, 0.2) is 54.6 Å². The second-order valence-corrected chi connectivity index (χ2v) is 7.36. The van der Waals surface area contributed by atoms with Gasteiger partial charge in [-0.1, -0.05) is 30.3 Å². The second-order valence-electron chi connectivity index (χ2n) is 6.30. The summed E-state index contributed by atoms with van der Waals surface area (Å²) >= 11 is 1.24. The van der Waals surface area contributed by atoms with Crippen molar-refractivity contribution in [2.75, 3.05) is 25.6 Å². The Hall–Kier alpha value is -3.65. The second kappa shape index (κ2) is 10.4. The molecule has 3 rings (SSSR count). The fourth-order valence-electron chi connectivity index (χ4n) is 2.78. The minimum absolute atomic E-state index is 0.227. The number of hydrogen-bond donors (Lipinski definition) is 1. The smallest absolute Gasteiger partial charge is 0.350 e. The van der Waals surface area contributed by atoms with E-state index in [1.807, 2.05) is 30.3 Å². The van der Waals surface area contributed by atoms with Crippen LogP contribution in [-0.2, 0) is 9.53 Å². The number of ether oxygens (including phenoxy) is 3. The van der Waals surface area contributed by atoms with Crippen molar-refractivity contribution < 1.29 is 28.6 Å². The third kappa shape index (κ3) is 5.49. The molecule has 1 N–H and O–H groups in total. The quantitative estimate of drug-likeness (QED) is 0.392. The third-order valence-electron chi connectivity index (χ3n) is 4.21. The fourth-order valence-corrected chi connectivity index (χ4v) is 3.80. The maximum absolute atomic E-state index is 12.5. The highest BCUT2D eigenvalue weighted by atomic mass is 32.1. The van der Waals surface area contributed by atoms with Gasteiger partial charge < -0.3 is 19.5 Å². The van der Waals surface area contributed by atoms with Gasteiger partial charge in [-0.2, -0.15) is 0 Å². The summed E-state index contributed by atoms with van der Waals surface area (Å²) in [4.78, 5) is 36.9. The van der Waals surface area contributed by atoms with Gasteiger partial charge in [-0.15, -0.1) is 11.3 Å². The Morgan fingerprint density at radius 1 is 1.06 bits per heavy atom. The number of hydrogen-bond acceptors (Lipinski definition) is 7. The molecule has 31 heavy (non-hydrogen) atoms. The molecule has 7 nitrogen and oxygen atoms in total. The highest BCUT2D eigenvalue weighted by Gasteiger charge is 2.20. The lowest BCUT2D eigenvalue weighted by molar-refractivity contribution is -0.118. The van der Waals surface area contributed by atoms with Crippen LogP contribution in [0.25, 0.3) is 10.4 Å². The van der Waals surface area contributed by atoms with Crippen LogP contribution in [0.3, 0.4) is 0 Å². The molecule has 0 unspecified atom stereocenters. The largest absolute Gasteiger partial charge is 0.493 e. The molecule has 0 saturated carbocycles. The van der Waals surface area contributed by atoms with Crippen molar-refractivity contribution in [1.29, 1.82) is 0 Å². The highest BCUT2D eigenvalue weighted by Crippen LogP contribution is 2.35. The Kier molecular flexibility index (Phi) is 7.40. The van der Waals surface area contributed by atoms with Crippen molar-refractivity contribution in [3.63, 3.8) is 0 Å². The van der Waals surface area contributed by atoms with E-state index < -0.39 is 11.9 Å². The van der Waals surface area contributed by atoms with E-state index in [4.69, 9.17) is 14.2 Å². The van der Waals surface area contributed by atoms with Crippen LogP contribution < -0.4 is 14.8 Å². The molecule has 160 valence electrons. The van der Waals surface area contributed by atoms with E-state index in [-0.39, 0.29) is 13.2 Å². The zero-order valence-corrected chi connectivity index (χ0v) is 17.9. The Morgan fingerprint density at radius 3 is 2.52 bits per heavy atom. The van der Waals surface area contributed by atoms with Crippen LogP contribution in [0.1, 0.15) is 27.0 Å². The van der Waals surface area contributed by atoms with Crippen LogP contribution in [0.5, 0.6) is 11.5 Å². The van der Waals surface area contributed by atoms with Gasteiger partial charge in [0.25, 0.3) is 5.91 Å². The zero-order chi connectivity index (χ0) is 22.2. The van der Waals surface area contributed by atoms with Crippen molar-refractivity contribution in [3.8, 4) is 21.9 Å². The SMILES string of the molecule is CCOC(=O)c1sc(-c2ccccc2)cc1NC(=O)COc1ccc(C=O)cc1OC. The van der Waals surface area contributed by atoms with Gasteiger partial charge in [0.15, 0.2) is 18.1 Å². The van der Waals surface area contributed by atoms with E-state index >= 15 is 0 Å². The molecule has 0 aliphatic heterocycles. The van der Waals surface area contributed by atoms with Crippen LogP contribution in [-0.4, -0.2) is 38.5 Å². The molecule has 1 aromatic heterocycles. The summed E-state index contributed by atoms with van der Waals surface area (Å²) in [5, 5.41) is 2.72. The summed E-state index contributed by atoms with van der Waals surface area (Å²) in [5.41, 5.74) is 1.72. The molecule has 2 aromatic carbocycles. The first-order valence-corrected chi connectivity index (χ1v) is 10.3. The molecule has 0 bridgehead atoms. The number of thiophene rings is 1. The van der Waals surface area contributed by atoms with Crippen molar-refractivity contribution >= 4 is 35.2 Å². The molecule has 0 fully saturated rings. The number of amides is 1. The number of aldehydes is 1. The first-order chi connectivity index (χ1) is 15.0. The Balaban J connectivity index is 1.76. The minimum Gasteiger partial charge on any atom is -0.493 e. The predicted molar refractivity (Wildman–Crippen MR) is 118 cm³/mol. The van der Waals surface area contributed by atoms with Crippen molar-refractivity contribution in [2.45, 2.75) is 6.92 Å². The number of methoxy groups -OCH3 is 1.